The lowest BCUT2D eigenvalue weighted by molar-refractivity contribution is -0.121. The molecule has 27 heavy (non-hydrogen) atoms. The highest BCUT2D eigenvalue weighted by Crippen LogP contribution is 2.27. The monoisotopic (exact) mass is 434 g/mol. The van der Waals surface area contributed by atoms with E-state index < -0.39 is 28.3 Å². The van der Waals surface area contributed by atoms with Gasteiger partial charge in [0, 0.05) is 23.6 Å². The first kappa shape index (κ1) is 21.4. The van der Waals surface area contributed by atoms with Gasteiger partial charge in [0.1, 0.15) is 16.5 Å². The van der Waals surface area contributed by atoms with E-state index in [1.54, 1.807) is 12.1 Å². The Bertz CT molecular complexity index is 954. The number of likely N-dealkylation sites (N-methyl/N-ethyl adjacent to an activating group) is 1. The van der Waals surface area contributed by atoms with E-state index in [0.717, 1.165) is 16.4 Å². The summed E-state index contributed by atoms with van der Waals surface area (Å²) in [5, 5.41) is 3.42. The Morgan fingerprint density at radius 3 is 2.56 bits per heavy atom. The number of hydrogen-bond acceptors (Lipinski definition) is 4. The Balaban J connectivity index is 2.08. The van der Waals surface area contributed by atoms with Crippen LogP contribution in [0, 0.1) is 5.82 Å². The summed E-state index contributed by atoms with van der Waals surface area (Å²) in [6, 6.07) is 7.96. The molecule has 2 aromatic carbocycles. The number of carbonyl (C=O) groups excluding carboxylic acids is 1. The zero-order valence-corrected chi connectivity index (χ0v) is 16.8. The van der Waals surface area contributed by atoms with Crippen molar-refractivity contribution in [3.8, 4) is 5.75 Å². The smallest absolute Gasteiger partial charge is 0.247 e. The molecule has 1 amide bonds. The molecule has 0 aliphatic heterocycles. The summed E-state index contributed by atoms with van der Waals surface area (Å²) in [6.45, 7) is -0.362. The number of sulfonamides is 1. The van der Waals surface area contributed by atoms with E-state index in [1.807, 2.05) is 0 Å². The summed E-state index contributed by atoms with van der Waals surface area (Å²) in [5.41, 5.74) is 0.631. The molecular weight excluding hydrogens is 418 g/mol. The molecule has 0 spiro atoms. The maximum Gasteiger partial charge on any atom is 0.247 e. The summed E-state index contributed by atoms with van der Waals surface area (Å²) in [5.74, 6) is -1.30. The fourth-order valence-corrected chi connectivity index (χ4v) is 3.99. The van der Waals surface area contributed by atoms with Crippen LogP contribution in [-0.2, 0) is 21.4 Å². The highest BCUT2D eigenvalue weighted by atomic mass is 35.5. The van der Waals surface area contributed by atoms with E-state index in [4.69, 9.17) is 27.9 Å². The van der Waals surface area contributed by atoms with Gasteiger partial charge in [-0.3, -0.25) is 4.79 Å². The summed E-state index contributed by atoms with van der Waals surface area (Å²) < 4.78 is 44.5. The van der Waals surface area contributed by atoms with Crippen molar-refractivity contribution in [1.29, 1.82) is 0 Å². The molecular formula is C17H17Cl2FN2O4S. The number of carbonyl (C=O) groups is 1. The molecule has 1 N–H and O–H groups in total. The average molecular weight is 435 g/mol. The van der Waals surface area contributed by atoms with Crippen LogP contribution in [0.15, 0.2) is 41.3 Å². The van der Waals surface area contributed by atoms with Crippen LogP contribution in [0.25, 0.3) is 0 Å². The highest BCUT2D eigenvalue weighted by Gasteiger charge is 2.27. The van der Waals surface area contributed by atoms with Crippen LogP contribution in [0.5, 0.6) is 5.75 Å². The van der Waals surface area contributed by atoms with Crippen LogP contribution in [0.3, 0.4) is 0 Å². The molecule has 146 valence electrons. The van der Waals surface area contributed by atoms with Gasteiger partial charge in [0.05, 0.1) is 13.7 Å². The van der Waals surface area contributed by atoms with Gasteiger partial charge in [-0.05, 0) is 35.9 Å². The first-order valence-electron chi connectivity index (χ1n) is 7.65. The van der Waals surface area contributed by atoms with Gasteiger partial charge in [-0.1, -0.05) is 29.3 Å². The molecule has 0 atom stereocenters. The molecule has 0 saturated carbocycles. The summed E-state index contributed by atoms with van der Waals surface area (Å²) in [6.07, 6.45) is 0. The van der Waals surface area contributed by atoms with Gasteiger partial charge < -0.3 is 10.1 Å². The molecule has 0 heterocycles. The van der Waals surface area contributed by atoms with Crippen LogP contribution >= 0.6 is 23.2 Å². The molecule has 2 aromatic rings. The second-order valence-electron chi connectivity index (χ2n) is 5.57. The van der Waals surface area contributed by atoms with Crippen LogP contribution in [-0.4, -0.2) is 39.3 Å². The van der Waals surface area contributed by atoms with Gasteiger partial charge in [-0.2, -0.15) is 4.31 Å². The van der Waals surface area contributed by atoms with E-state index in [2.05, 4.69) is 5.32 Å². The Hall–Kier alpha value is -1.87. The third-order valence-electron chi connectivity index (χ3n) is 3.67. The standard InChI is InChI=1S/C17H17Cl2FN2O4S/c1-22(27(24,25)16-8-13(20)5-6-15(16)26-2)10-17(23)21-9-11-3-4-12(18)7-14(11)19/h3-8H,9-10H2,1-2H3,(H,21,23). The second kappa shape index (κ2) is 8.88. The van der Waals surface area contributed by atoms with Gasteiger partial charge >= 0.3 is 0 Å². The quantitative estimate of drug-likeness (QED) is 0.726. The van der Waals surface area contributed by atoms with Crippen molar-refractivity contribution in [1.82, 2.24) is 9.62 Å². The molecule has 0 bridgehead atoms. The first-order valence-corrected chi connectivity index (χ1v) is 9.85. The molecule has 0 aliphatic carbocycles. The Morgan fingerprint density at radius 2 is 1.93 bits per heavy atom. The fourth-order valence-electron chi connectivity index (χ4n) is 2.22. The molecule has 10 heteroatoms. The first-order chi connectivity index (χ1) is 12.6. The van der Waals surface area contributed by atoms with Gasteiger partial charge in [-0.15, -0.1) is 0 Å². The molecule has 0 fully saturated rings. The topological polar surface area (TPSA) is 75.7 Å². The minimum absolute atomic E-state index is 0.0170. The average Bonchev–Trinajstić information content (AvgIpc) is 2.60. The van der Waals surface area contributed by atoms with Gasteiger partial charge in [-0.25, -0.2) is 12.8 Å². The lowest BCUT2D eigenvalue weighted by atomic mass is 10.2. The summed E-state index contributed by atoms with van der Waals surface area (Å²) in [4.78, 5) is 11.8. The molecule has 6 nitrogen and oxygen atoms in total. The zero-order valence-electron chi connectivity index (χ0n) is 14.5. The van der Waals surface area contributed by atoms with Crippen molar-refractivity contribution in [2.45, 2.75) is 11.4 Å². The summed E-state index contributed by atoms with van der Waals surface area (Å²) >= 11 is 11.8. The lowest BCUT2D eigenvalue weighted by Gasteiger charge is -2.18. The number of nitrogens with one attached hydrogen (secondary N) is 1. The third kappa shape index (κ3) is 5.32. The molecule has 0 unspecified atom stereocenters. The molecule has 0 radical (unpaired) electrons. The van der Waals surface area contributed by atoms with E-state index in [0.29, 0.717) is 15.6 Å². The SMILES string of the molecule is COc1ccc(F)cc1S(=O)(=O)N(C)CC(=O)NCc1ccc(Cl)cc1Cl. The highest BCUT2D eigenvalue weighted by molar-refractivity contribution is 7.89. The van der Waals surface area contributed by atoms with Crippen molar-refractivity contribution in [3.63, 3.8) is 0 Å². The predicted molar refractivity (Wildman–Crippen MR) is 101 cm³/mol. The van der Waals surface area contributed by atoms with Crippen LogP contribution in [0.2, 0.25) is 10.0 Å². The number of hydrogen-bond donors (Lipinski definition) is 1. The predicted octanol–water partition coefficient (Wildman–Crippen LogP) is 3.08. The third-order valence-corrected chi connectivity index (χ3v) is 6.08. The van der Waals surface area contributed by atoms with Crippen LogP contribution < -0.4 is 10.1 Å². The second-order valence-corrected chi connectivity index (χ2v) is 8.43. The Labute approximate surface area is 166 Å². The van der Waals surface area contributed by atoms with Crippen molar-refractivity contribution in [3.05, 3.63) is 57.8 Å². The molecule has 2 rings (SSSR count). The normalized spacial score (nSPS) is 11.5. The number of amides is 1. The van der Waals surface area contributed by atoms with E-state index in [-0.39, 0.29) is 17.2 Å². The Morgan fingerprint density at radius 1 is 1.22 bits per heavy atom. The van der Waals surface area contributed by atoms with E-state index >= 15 is 0 Å². The molecule has 0 aliphatic rings. The number of rotatable bonds is 7. The van der Waals surface area contributed by atoms with Crippen molar-refractivity contribution in [2.24, 2.45) is 0 Å². The summed E-state index contributed by atoms with van der Waals surface area (Å²) in [7, 11) is -1.64. The largest absolute Gasteiger partial charge is 0.495 e. The fraction of sp³-hybridized carbons (Fsp3) is 0.235. The Kier molecular flexibility index (Phi) is 7.05. The maximum atomic E-state index is 13.5. The molecule has 0 aromatic heterocycles. The number of ether oxygens (including phenoxy) is 1. The van der Waals surface area contributed by atoms with E-state index in [1.165, 1.54) is 26.3 Å². The van der Waals surface area contributed by atoms with Crippen LogP contribution in [0.1, 0.15) is 5.56 Å². The van der Waals surface area contributed by atoms with Crippen molar-refractivity contribution >= 4 is 39.1 Å². The minimum Gasteiger partial charge on any atom is -0.495 e. The number of methoxy groups -OCH3 is 1. The van der Waals surface area contributed by atoms with Gasteiger partial charge in [0.15, 0.2) is 0 Å². The lowest BCUT2D eigenvalue weighted by Crippen LogP contribution is -2.38. The zero-order chi connectivity index (χ0) is 20.2. The number of nitrogens with zero attached hydrogens (tertiary/aromatic N) is 1. The maximum absolute atomic E-state index is 13.5. The minimum atomic E-state index is -4.13. The van der Waals surface area contributed by atoms with E-state index in [9.17, 15) is 17.6 Å². The van der Waals surface area contributed by atoms with Crippen molar-refractivity contribution in [2.75, 3.05) is 20.7 Å². The number of halogens is 3. The van der Waals surface area contributed by atoms with Gasteiger partial charge in [0.2, 0.25) is 15.9 Å². The van der Waals surface area contributed by atoms with Crippen molar-refractivity contribution < 1.29 is 22.3 Å². The van der Waals surface area contributed by atoms with Gasteiger partial charge in [0.25, 0.3) is 0 Å². The molecule has 0 saturated heterocycles. The van der Waals surface area contributed by atoms with Crippen LogP contribution in [0.4, 0.5) is 4.39 Å². The number of benzene rings is 2.